The molecule has 2 atom stereocenters. The first-order chi connectivity index (χ1) is 9.23. The van der Waals surface area contributed by atoms with Crippen LogP contribution in [0.1, 0.15) is 38.5 Å². The summed E-state index contributed by atoms with van der Waals surface area (Å²) in [6.45, 7) is 3.41. The van der Waals surface area contributed by atoms with Gasteiger partial charge in [-0.25, -0.2) is 9.93 Å². The molecule has 6 nitrogen and oxygen atoms in total. The Morgan fingerprint density at radius 3 is 2.25 bits per heavy atom. The molecule has 112 valence electrons. The molecule has 0 aliphatic heterocycles. The molecule has 0 aromatic carbocycles. The van der Waals surface area contributed by atoms with Crippen LogP contribution in [0.4, 0.5) is 0 Å². The number of nitrogens with two attached hydrogens (primary N) is 1. The fourth-order valence-corrected chi connectivity index (χ4v) is 5.50. The smallest absolute Gasteiger partial charge is 0.333 e. The summed E-state index contributed by atoms with van der Waals surface area (Å²) in [6.07, 6.45) is 5.50. The van der Waals surface area contributed by atoms with Crippen molar-refractivity contribution in [1.29, 1.82) is 0 Å². The van der Waals surface area contributed by atoms with Crippen LogP contribution in [0.25, 0.3) is 0 Å². The molecule has 2 N–H and O–H groups in total. The van der Waals surface area contributed by atoms with Crippen LogP contribution in [-0.2, 0) is 24.0 Å². The molecule has 4 fully saturated rings. The van der Waals surface area contributed by atoms with Gasteiger partial charge in [0.2, 0.25) is 0 Å². The number of rotatable bonds is 4. The Morgan fingerprint density at radius 1 is 1.20 bits per heavy atom. The number of carbonyl (C=O) groups is 1. The van der Waals surface area contributed by atoms with E-state index in [1.807, 2.05) is 0 Å². The standard InChI is InChI=1S/C13H19NO5S/c1-2-11(15)18-12-4-9-3-10(5-12)7-13(6-9,8-12)19-20(14,16)17/h2,9-10H,1,3-8H2,(H2,14,16,17). The second-order valence-electron chi connectivity index (χ2n) is 6.53. The van der Waals surface area contributed by atoms with E-state index in [-0.39, 0.29) is 0 Å². The van der Waals surface area contributed by atoms with Gasteiger partial charge in [0.15, 0.2) is 0 Å². The van der Waals surface area contributed by atoms with Crippen molar-refractivity contribution < 1.29 is 22.1 Å². The normalized spacial score (nSPS) is 42.5. The molecule has 4 rings (SSSR count). The summed E-state index contributed by atoms with van der Waals surface area (Å²) in [4.78, 5) is 11.6. The summed E-state index contributed by atoms with van der Waals surface area (Å²) in [6, 6.07) is 0. The number of carbonyl (C=O) groups excluding carboxylic acids is 1. The zero-order valence-corrected chi connectivity index (χ0v) is 12.0. The molecule has 4 saturated carbocycles. The van der Waals surface area contributed by atoms with Gasteiger partial charge >= 0.3 is 16.3 Å². The van der Waals surface area contributed by atoms with E-state index in [0.29, 0.717) is 31.1 Å². The van der Waals surface area contributed by atoms with Crippen molar-refractivity contribution in [2.75, 3.05) is 0 Å². The van der Waals surface area contributed by atoms with Crippen LogP contribution in [-0.4, -0.2) is 25.6 Å². The molecule has 20 heavy (non-hydrogen) atoms. The SMILES string of the molecule is C=CC(=O)OC12CC3CC(C1)CC(OS(N)(=O)=O)(C3)C2. The average molecular weight is 301 g/mol. The van der Waals surface area contributed by atoms with Gasteiger partial charge in [-0.1, -0.05) is 6.58 Å². The second-order valence-corrected chi connectivity index (χ2v) is 7.68. The summed E-state index contributed by atoms with van der Waals surface area (Å²) < 4.78 is 33.4. The average Bonchev–Trinajstić information content (AvgIpc) is 2.22. The summed E-state index contributed by atoms with van der Waals surface area (Å²) in [7, 11) is -4.01. The highest BCUT2D eigenvalue weighted by Crippen LogP contribution is 2.60. The van der Waals surface area contributed by atoms with Gasteiger partial charge < -0.3 is 4.74 Å². The van der Waals surface area contributed by atoms with Crippen molar-refractivity contribution in [3.63, 3.8) is 0 Å². The highest BCUT2D eigenvalue weighted by molar-refractivity contribution is 7.84. The summed E-state index contributed by atoms with van der Waals surface area (Å²) in [5, 5.41) is 5.05. The molecule has 0 aromatic heterocycles. The first-order valence-electron chi connectivity index (χ1n) is 6.82. The number of ether oxygens (including phenoxy) is 1. The monoisotopic (exact) mass is 301 g/mol. The molecule has 4 aliphatic rings. The fourth-order valence-electron chi connectivity index (χ4n) is 4.81. The van der Waals surface area contributed by atoms with Crippen LogP contribution in [0.3, 0.4) is 0 Å². The van der Waals surface area contributed by atoms with E-state index in [1.54, 1.807) is 0 Å². The maximum absolute atomic E-state index is 11.6. The van der Waals surface area contributed by atoms with Crippen LogP contribution < -0.4 is 5.14 Å². The van der Waals surface area contributed by atoms with Gasteiger partial charge in [0, 0.05) is 12.5 Å². The van der Waals surface area contributed by atoms with Crippen molar-refractivity contribution in [2.24, 2.45) is 17.0 Å². The van der Waals surface area contributed by atoms with E-state index in [0.717, 1.165) is 25.3 Å². The predicted octanol–water partition coefficient (Wildman–Crippen LogP) is 1.03. The Hall–Kier alpha value is -0.920. The van der Waals surface area contributed by atoms with Gasteiger partial charge in [0.05, 0.1) is 5.60 Å². The van der Waals surface area contributed by atoms with Crippen molar-refractivity contribution in [1.82, 2.24) is 0 Å². The number of esters is 1. The lowest BCUT2D eigenvalue weighted by atomic mass is 9.52. The lowest BCUT2D eigenvalue weighted by Crippen LogP contribution is -2.62. The molecular weight excluding hydrogens is 282 g/mol. The van der Waals surface area contributed by atoms with Gasteiger partial charge in [-0.2, -0.15) is 8.42 Å². The van der Waals surface area contributed by atoms with Crippen LogP contribution in [0.2, 0.25) is 0 Å². The first-order valence-corrected chi connectivity index (χ1v) is 8.29. The maximum atomic E-state index is 11.6. The molecule has 0 heterocycles. The first kappa shape index (κ1) is 14.0. The van der Waals surface area contributed by atoms with Gasteiger partial charge in [0.1, 0.15) is 5.60 Å². The third-order valence-electron chi connectivity index (χ3n) is 4.73. The fraction of sp³-hybridized carbons (Fsp3) is 0.769. The summed E-state index contributed by atoms with van der Waals surface area (Å²) in [5.41, 5.74) is -1.40. The lowest BCUT2D eigenvalue weighted by Gasteiger charge is -2.59. The third kappa shape index (κ3) is 2.49. The van der Waals surface area contributed by atoms with Gasteiger partial charge in [0.25, 0.3) is 0 Å². The zero-order chi connectivity index (χ0) is 14.6. The number of hydrogen-bond acceptors (Lipinski definition) is 5. The van der Waals surface area contributed by atoms with Crippen molar-refractivity contribution in [2.45, 2.75) is 49.7 Å². The summed E-state index contributed by atoms with van der Waals surface area (Å²) >= 11 is 0. The Labute approximate surface area is 118 Å². The minimum Gasteiger partial charge on any atom is -0.456 e. The molecule has 0 radical (unpaired) electrons. The molecule has 0 spiro atoms. The van der Waals surface area contributed by atoms with E-state index < -0.39 is 27.5 Å². The largest absolute Gasteiger partial charge is 0.456 e. The van der Waals surface area contributed by atoms with Crippen molar-refractivity contribution >= 4 is 16.3 Å². The minimum absolute atomic E-state index is 0.329. The van der Waals surface area contributed by atoms with Gasteiger partial charge in [-0.15, -0.1) is 0 Å². The predicted molar refractivity (Wildman–Crippen MR) is 70.6 cm³/mol. The summed E-state index contributed by atoms with van der Waals surface area (Å²) in [5.74, 6) is 0.198. The number of hydrogen-bond donors (Lipinski definition) is 1. The topological polar surface area (TPSA) is 95.7 Å². The van der Waals surface area contributed by atoms with Gasteiger partial charge in [-0.3, -0.25) is 4.18 Å². The lowest BCUT2D eigenvalue weighted by molar-refractivity contribution is -0.208. The van der Waals surface area contributed by atoms with E-state index in [2.05, 4.69) is 6.58 Å². The van der Waals surface area contributed by atoms with Crippen LogP contribution in [0.5, 0.6) is 0 Å². The Kier molecular flexibility index (Phi) is 3.01. The van der Waals surface area contributed by atoms with Crippen LogP contribution >= 0.6 is 0 Å². The molecular formula is C13H19NO5S. The quantitative estimate of drug-likeness (QED) is 0.618. The Bertz CT molecular complexity index is 541. The molecule has 0 amide bonds. The maximum Gasteiger partial charge on any atom is 0.333 e. The van der Waals surface area contributed by atoms with Gasteiger partial charge in [-0.05, 0) is 43.9 Å². The second kappa shape index (κ2) is 4.29. The molecule has 0 saturated heterocycles. The molecule has 4 aliphatic carbocycles. The molecule has 7 heteroatoms. The molecule has 2 unspecified atom stereocenters. The van der Waals surface area contributed by atoms with Crippen molar-refractivity contribution in [3.8, 4) is 0 Å². The van der Waals surface area contributed by atoms with E-state index in [4.69, 9.17) is 14.1 Å². The van der Waals surface area contributed by atoms with Crippen molar-refractivity contribution in [3.05, 3.63) is 12.7 Å². The van der Waals surface area contributed by atoms with Crippen LogP contribution in [0.15, 0.2) is 12.7 Å². The molecule has 4 bridgehead atoms. The minimum atomic E-state index is -4.01. The highest BCUT2D eigenvalue weighted by atomic mass is 32.2. The molecule has 0 aromatic rings. The van der Waals surface area contributed by atoms with E-state index in [9.17, 15) is 13.2 Å². The highest BCUT2D eigenvalue weighted by Gasteiger charge is 2.61. The Morgan fingerprint density at radius 2 is 1.75 bits per heavy atom. The van der Waals surface area contributed by atoms with E-state index >= 15 is 0 Å². The van der Waals surface area contributed by atoms with Crippen LogP contribution in [0, 0.1) is 11.8 Å². The third-order valence-corrected chi connectivity index (χ3v) is 5.32. The zero-order valence-electron chi connectivity index (χ0n) is 11.2. The Balaban J connectivity index is 1.89. The van der Waals surface area contributed by atoms with E-state index in [1.165, 1.54) is 0 Å².